The molecule has 3 heterocycles. The van der Waals surface area contributed by atoms with Gasteiger partial charge in [-0.3, -0.25) is 4.90 Å². The topological polar surface area (TPSA) is 71.3 Å². The maximum atomic E-state index is 13.5. The molecule has 0 bridgehead atoms. The predicted octanol–water partition coefficient (Wildman–Crippen LogP) is 5.48. The molecule has 0 radical (unpaired) electrons. The van der Waals surface area contributed by atoms with Crippen LogP contribution in [0.15, 0.2) is 53.0 Å². The summed E-state index contributed by atoms with van der Waals surface area (Å²) in [6.45, 7) is 4.67. The minimum atomic E-state index is -4.37. The molecule has 1 unspecified atom stereocenters. The van der Waals surface area contributed by atoms with E-state index in [0.29, 0.717) is 10.7 Å². The van der Waals surface area contributed by atoms with E-state index in [-0.39, 0.29) is 36.2 Å². The fraction of sp³-hybridized carbons (Fsp3) is 0.385. The quantitative estimate of drug-likeness (QED) is 0.282. The number of piperazine rings is 1. The minimum absolute atomic E-state index is 0.00229. The fourth-order valence-electron chi connectivity index (χ4n) is 4.91. The summed E-state index contributed by atoms with van der Waals surface area (Å²) in [5, 5.41) is 5.79. The van der Waals surface area contributed by atoms with Gasteiger partial charge in [0.15, 0.2) is 4.21 Å². The number of aryl methyl sites for hydroxylation is 2. The van der Waals surface area contributed by atoms with Crippen LogP contribution in [0.3, 0.4) is 0 Å². The van der Waals surface area contributed by atoms with Crippen molar-refractivity contribution in [3.05, 3.63) is 70.7 Å². The van der Waals surface area contributed by atoms with Crippen LogP contribution in [0.2, 0.25) is 0 Å². The van der Waals surface area contributed by atoms with Crippen LogP contribution in [0.4, 0.5) is 17.6 Å². The highest BCUT2D eigenvalue weighted by atomic mass is 32.2. The summed E-state index contributed by atoms with van der Waals surface area (Å²) in [5.41, 5.74) is 2.93. The third kappa shape index (κ3) is 5.45. The van der Waals surface area contributed by atoms with E-state index in [1.54, 1.807) is 34.8 Å². The van der Waals surface area contributed by atoms with Crippen molar-refractivity contribution in [2.75, 3.05) is 26.2 Å². The molecular formula is C26H27F4N5O2S2. The summed E-state index contributed by atoms with van der Waals surface area (Å²) in [7, 11) is -3.86. The van der Waals surface area contributed by atoms with Crippen LogP contribution in [0.5, 0.6) is 0 Å². The Morgan fingerprint density at radius 3 is 2.46 bits per heavy atom. The first-order valence-corrected chi connectivity index (χ1v) is 14.6. The number of sulfonamides is 1. The number of aromatic nitrogens is 3. The number of alkyl halides is 3. The SMILES string of the molecule is Cc1ncc(S(=O)(=O)N2CCN(CC(C)C(F)(F)F)[C@H](c3cc4cnn(-c5ccc(F)cc5)c4cc3C)C2)s1. The molecule has 7 nitrogen and oxygen atoms in total. The monoisotopic (exact) mass is 581 g/mol. The Hall–Kier alpha value is -2.87. The van der Waals surface area contributed by atoms with E-state index in [1.807, 2.05) is 19.1 Å². The second-order valence-electron chi connectivity index (χ2n) is 9.82. The number of hydrogen-bond donors (Lipinski definition) is 0. The molecule has 0 aliphatic carbocycles. The minimum Gasteiger partial charge on any atom is -0.293 e. The molecule has 1 aliphatic heterocycles. The van der Waals surface area contributed by atoms with Crippen LogP contribution in [0.1, 0.15) is 29.1 Å². The van der Waals surface area contributed by atoms with Crippen molar-refractivity contribution in [2.24, 2.45) is 5.92 Å². The summed E-state index contributed by atoms with van der Waals surface area (Å²) < 4.78 is 83.9. The van der Waals surface area contributed by atoms with Crippen molar-refractivity contribution in [2.45, 2.75) is 37.2 Å². The molecule has 0 N–H and O–H groups in total. The number of nitrogens with zero attached hydrogens (tertiary/aromatic N) is 5. The van der Waals surface area contributed by atoms with E-state index in [4.69, 9.17) is 0 Å². The normalized spacial score (nSPS) is 18.6. The number of fused-ring (bicyclic) bond motifs is 1. The van der Waals surface area contributed by atoms with E-state index >= 15 is 0 Å². The largest absolute Gasteiger partial charge is 0.392 e. The number of rotatable bonds is 6. The van der Waals surface area contributed by atoms with Crippen molar-refractivity contribution in [3.63, 3.8) is 0 Å². The lowest BCUT2D eigenvalue weighted by atomic mass is 9.95. The number of hydrogen-bond acceptors (Lipinski definition) is 6. The molecule has 2 atom stereocenters. The van der Waals surface area contributed by atoms with Crippen LogP contribution in [-0.2, 0) is 10.0 Å². The summed E-state index contributed by atoms with van der Waals surface area (Å²) in [6.07, 6.45) is -1.41. The summed E-state index contributed by atoms with van der Waals surface area (Å²) in [6, 6.07) is 9.03. The molecular weight excluding hydrogens is 554 g/mol. The van der Waals surface area contributed by atoms with Crippen molar-refractivity contribution in [1.82, 2.24) is 24.0 Å². The van der Waals surface area contributed by atoms with Gasteiger partial charge < -0.3 is 0 Å². The van der Waals surface area contributed by atoms with Gasteiger partial charge >= 0.3 is 6.18 Å². The zero-order valence-corrected chi connectivity index (χ0v) is 23.1. The molecule has 0 spiro atoms. The van der Waals surface area contributed by atoms with Crippen molar-refractivity contribution in [1.29, 1.82) is 0 Å². The highest BCUT2D eigenvalue weighted by Gasteiger charge is 2.42. The standard InChI is InChI=1S/C26H27F4N5O2S2/c1-16-10-23-19(12-32-35(23)21-6-4-20(27)5-7-21)11-22(16)24-15-34(39(36,37)25-13-31-18(3)38-25)9-8-33(24)14-17(2)26(28,29)30/h4-7,10-13,17,24H,8-9,14-15H2,1-3H3/t17?,24-/m0/s1. The van der Waals surface area contributed by atoms with Crippen LogP contribution < -0.4 is 0 Å². The third-order valence-corrected chi connectivity index (χ3v) is 10.3. The van der Waals surface area contributed by atoms with E-state index in [0.717, 1.165) is 40.3 Å². The molecule has 0 saturated carbocycles. The zero-order chi connectivity index (χ0) is 28.1. The van der Waals surface area contributed by atoms with Crippen LogP contribution >= 0.6 is 11.3 Å². The van der Waals surface area contributed by atoms with Gasteiger partial charge in [0.1, 0.15) is 5.82 Å². The lowest BCUT2D eigenvalue weighted by molar-refractivity contribution is -0.176. The molecule has 0 amide bonds. The molecule has 4 aromatic rings. The molecule has 13 heteroatoms. The lowest BCUT2D eigenvalue weighted by Gasteiger charge is -2.42. The first kappa shape index (κ1) is 27.7. The first-order chi connectivity index (χ1) is 18.3. The lowest BCUT2D eigenvalue weighted by Crippen LogP contribution is -2.52. The molecule has 1 saturated heterocycles. The summed E-state index contributed by atoms with van der Waals surface area (Å²) >= 11 is 1.07. The van der Waals surface area contributed by atoms with Gasteiger partial charge in [-0.25, -0.2) is 22.5 Å². The zero-order valence-electron chi connectivity index (χ0n) is 21.5. The first-order valence-electron chi connectivity index (χ1n) is 12.3. The molecule has 39 heavy (non-hydrogen) atoms. The van der Waals surface area contributed by atoms with Gasteiger partial charge in [0.2, 0.25) is 0 Å². The van der Waals surface area contributed by atoms with Gasteiger partial charge in [-0.2, -0.15) is 22.6 Å². The molecule has 5 rings (SSSR count). The second kappa shape index (κ2) is 10.3. The van der Waals surface area contributed by atoms with E-state index in [2.05, 4.69) is 10.1 Å². The Kier molecular flexibility index (Phi) is 7.29. The molecule has 2 aromatic carbocycles. The van der Waals surface area contributed by atoms with Gasteiger partial charge in [0.05, 0.1) is 34.5 Å². The van der Waals surface area contributed by atoms with Crippen LogP contribution in [0.25, 0.3) is 16.6 Å². The van der Waals surface area contributed by atoms with Gasteiger partial charge in [-0.1, -0.05) is 6.92 Å². The van der Waals surface area contributed by atoms with Crippen molar-refractivity contribution >= 4 is 32.3 Å². The van der Waals surface area contributed by atoms with E-state index in [9.17, 15) is 26.0 Å². The van der Waals surface area contributed by atoms with E-state index in [1.165, 1.54) is 22.6 Å². The smallest absolute Gasteiger partial charge is 0.293 e. The van der Waals surface area contributed by atoms with Crippen molar-refractivity contribution in [3.8, 4) is 5.69 Å². The van der Waals surface area contributed by atoms with Crippen LogP contribution in [0, 0.1) is 25.6 Å². The Morgan fingerprint density at radius 2 is 1.82 bits per heavy atom. The summed E-state index contributed by atoms with van der Waals surface area (Å²) in [4.78, 5) is 5.79. The molecule has 1 fully saturated rings. The Bertz CT molecular complexity index is 1600. The fourth-order valence-corrected chi connectivity index (χ4v) is 7.62. The third-order valence-electron chi connectivity index (χ3n) is 7.10. The van der Waals surface area contributed by atoms with Gasteiger partial charge in [-0.05, 0) is 61.4 Å². The predicted molar refractivity (Wildman–Crippen MR) is 141 cm³/mol. The van der Waals surface area contributed by atoms with Gasteiger partial charge in [0.25, 0.3) is 10.0 Å². The Morgan fingerprint density at radius 1 is 1.10 bits per heavy atom. The molecule has 2 aromatic heterocycles. The average molecular weight is 582 g/mol. The number of thiazole rings is 1. The maximum Gasteiger partial charge on any atom is 0.392 e. The highest BCUT2D eigenvalue weighted by molar-refractivity contribution is 7.91. The number of halogens is 4. The second-order valence-corrected chi connectivity index (χ2v) is 13.2. The number of benzene rings is 2. The highest BCUT2D eigenvalue weighted by Crippen LogP contribution is 2.36. The maximum absolute atomic E-state index is 13.5. The average Bonchev–Trinajstić information content (AvgIpc) is 3.50. The Labute approximate surface area is 227 Å². The van der Waals surface area contributed by atoms with Gasteiger partial charge in [-0.15, -0.1) is 11.3 Å². The van der Waals surface area contributed by atoms with E-state index < -0.39 is 28.2 Å². The summed E-state index contributed by atoms with van der Waals surface area (Å²) in [5.74, 6) is -1.95. The van der Waals surface area contributed by atoms with Gasteiger partial charge in [0, 0.05) is 37.6 Å². The van der Waals surface area contributed by atoms with Crippen molar-refractivity contribution < 1.29 is 26.0 Å². The Balaban J connectivity index is 1.54. The molecule has 1 aliphatic rings. The molecule has 208 valence electrons. The van der Waals surface area contributed by atoms with Crippen LogP contribution in [-0.4, -0.2) is 64.7 Å².